The second-order valence-electron chi connectivity index (χ2n) is 3.14. The summed E-state index contributed by atoms with van der Waals surface area (Å²) < 4.78 is 5.14. The number of hydrogen-bond acceptors (Lipinski definition) is 5. The first-order chi connectivity index (χ1) is 6.74. The molecule has 1 rings (SSSR count). The minimum Gasteiger partial charge on any atom is -0.351 e. The molecule has 0 amide bonds. The number of hydrogen-bond donors (Lipinski definition) is 2. The predicted octanol–water partition coefficient (Wildman–Crippen LogP) is -0.312. The Morgan fingerprint density at radius 3 is 3.21 bits per heavy atom. The average Bonchev–Trinajstić information content (AvgIpc) is 2.16. The topological polar surface area (TPSA) is 79.7 Å². The third-order valence-electron chi connectivity index (χ3n) is 2.03. The van der Waals surface area contributed by atoms with E-state index < -0.39 is 11.3 Å². The molecule has 1 unspecified atom stereocenters. The van der Waals surface area contributed by atoms with Crippen LogP contribution in [0, 0.1) is 10.1 Å². The monoisotopic (exact) mass is 204 g/mol. The van der Waals surface area contributed by atoms with Crippen LogP contribution in [0.2, 0.25) is 0 Å². The van der Waals surface area contributed by atoms with Gasteiger partial charge in [0.2, 0.25) is 0 Å². The molecule has 7 nitrogen and oxygen atoms in total. The number of ether oxygens (including phenoxy) is 1. The zero-order valence-corrected chi connectivity index (χ0v) is 8.23. The standard InChI is InChI=1S/C7H16N4O3/c1-2-3-4-10-6-14-5-8-7(10)9-11(12)13/h7-9H,2-6H2,1H3. The van der Waals surface area contributed by atoms with Crippen LogP contribution in [-0.4, -0.2) is 36.2 Å². The van der Waals surface area contributed by atoms with Crippen molar-refractivity contribution in [2.75, 3.05) is 20.0 Å². The molecule has 0 radical (unpaired) electrons. The molecular formula is C7H16N4O3. The van der Waals surface area contributed by atoms with Gasteiger partial charge in [-0.05, 0) is 6.42 Å². The zero-order valence-electron chi connectivity index (χ0n) is 8.23. The van der Waals surface area contributed by atoms with E-state index in [2.05, 4.69) is 17.7 Å². The van der Waals surface area contributed by atoms with Gasteiger partial charge in [-0.2, -0.15) is 0 Å². The van der Waals surface area contributed by atoms with Crippen LogP contribution in [0.3, 0.4) is 0 Å². The van der Waals surface area contributed by atoms with Crippen LogP contribution < -0.4 is 10.7 Å². The third-order valence-corrected chi connectivity index (χ3v) is 2.03. The first-order valence-electron chi connectivity index (χ1n) is 4.69. The lowest BCUT2D eigenvalue weighted by molar-refractivity contribution is -0.559. The van der Waals surface area contributed by atoms with Gasteiger partial charge in [0.25, 0.3) is 0 Å². The Hall–Kier alpha value is -0.920. The minimum atomic E-state index is -0.540. The highest BCUT2D eigenvalue weighted by Gasteiger charge is 2.24. The molecule has 1 aliphatic rings. The van der Waals surface area contributed by atoms with Crippen LogP contribution in [0.4, 0.5) is 0 Å². The lowest BCUT2D eigenvalue weighted by atomic mass is 10.3. The first-order valence-corrected chi connectivity index (χ1v) is 4.69. The first kappa shape index (κ1) is 11.2. The summed E-state index contributed by atoms with van der Waals surface area (Å²) in [5, 5.41) is 12.6. The molecule has 0 spiro atoms. The van der Waals surface area contributed by atoms with Crippen molar-refractivity contribution >= 4 is 0 Å². The number of rotatable bonds is 5. The van der Waals surface area contributed by atoms with Crippen molar-refractivity contribution in [1.82, 2.24) is 15.6 Å². The fraction of sp³-hybridized carbons (Fsp3) is 1.00. The second kappa shape index (κ2) is 5.74. The van der Waals surface area contributed by atoms with Crippen molar-refractivity contribution in [1.29, 1.82) is 0 Å². The quantitative estimate of drug-likeness (QED) is 0.472. The molecule has 0 aromatic rings. The van der Waals surface area contributed by atoms with E-state index in [0.29, 0.717) is 13.5 Å². The number of nitrogens with one attached hydrogen (secondary N) is 2. The van der Waals surface area contributed by atoms with Gasteiger partial charge in [-0.25, -0.2) is 15.0 Å². The van der Waals surface area contributed by atoms with Gasteiger partial charge in [0, 0.05) is 6.54 Å². The van der Waals surface area contributed by atoms with Crippen molar-refractivity contribution in [3.05, 3.63) is 10.1 Å². The Morgan fingerprint density at radius 1 is 1.79 bits per heavy atom. The van der Waals surface area contributed by atoms with Crippen LogP contribution in [0.1, 0.15) is 19.8 Å². The van der Waals surface area contributed by atoms with Crippen LogP contribution in [0.5, 0.6) is 0 Å². The summed E-state index contributed by atoms with van der Waals surface area (Å²) in [6.45, 7) is 3.63. The summed E-state index contributed by atoms with van der Waals surface area (Å²) in [5.41, 5.74) is 2.20. The highest BCUT2D eigenvalue weighted by molar-refractivity contribution is 4.63. The number of nitrogens with zero attached hydrogens (tertiary/aromatic N) is 2. The van der Waals surface area contributed by atoms with Crippen LogP contribution >= 0.6 is 0 Å². The van der Waals surface area contributed by atoms with E-state index in [-0.39, 0.29) is 0 Å². The van der Waals surface area contributed by atoms with Gasteiger partial charge in [0.15, 0.2) is 11.3 Å². The molecule has 1 heterocycles. The van der Waals surface area contributed by atoms with E-state index in [9.17, 15) is 10.1 Å². The van der Waals surface area contributed by atoms with Gasteiger partial charge in [0.1, 0.15) is 13.5 Å². The maximum Gasteiger partial charge on any atom is 0.196 e. The van der Waals surface area contributed by atoms with Crippen molar-refractivity contribution in [3.8, 4) is 0 Å². The molecule has 0 saturated carbocycles. The van der Waals surface area contributed by atoms with E-state index >= 15 is 0 Å². The lowest BCUT2D eigenvalue weighted by Gasteiger charge is -2.33. The summed E-state index contributed by atoms with van der Waals surface area (Å²) in [6.07, 6.45) is 1.63. The maximum absolute atomic E-state index is 10.3. The van der Waals surface area contributed by atoms with Crippen molar-refractivity contribution in [3.63, 3.8) is 0 Å². The molecule has 7 heteroatoms. The second-order valence-corrected chi connectivity index (χ2v) is 3.14. The summed E-state index contributed by atoms with van der Waals surface area (Å²) in [7, 11) is 0. The molecule has 2 N–H and O–H groups in total. The summed E-state index contributed by atoms with van der Waals surface area (Å²) in [4.78, 5) is 12.1. The van der Waals surface area contributed by atoms with Gasteiger partial charge in [-0.1, -0.05) is 13.3 Å². The Morgan fingerprint density at radius 2 is 2.57 bits per heavy atom. The molecule has 0 aromatic carbocycles. The SMILES string of the molecule is CCCCN1COCNC1N[N+](=O)[O-]. The zero-order chi connectivity index (χ0) is 10.4. The van der Waals surface area contributed by atoms with Crippen LogP contribution in [0.25, 0.3) is 0 Å². The van der Waals surface area contributed by atoms with Gasteiger partial charge >= 0.3 is 0 Å². The highest BCUT2D eigenvalue weighted by atomic mass is 16.7. The predicted molar refractivity (Wildman–Crippen MR) is 49.5 cm³/mol. The Bertz CT molecular complexity index is 190. The Balaban J connectivity index is 2.37. The molecular weight excluding hydrogens is 188 g/mol. The molecule has 82 valence electrons. The van der Waals surface area contributed by atoms with E-state index in [1.54, 1.807) is 0 Å². The molecule has 0 bridgehead atoms. The number of nitro groups is 1. The molecule has 0 aliphatic carbocycles. The van der Waals surface area contributed by atoms with E-state index in [0.717, 1.165) is 19.4 Å². The normalized spacial score (nSPS) is 23.4. The van der Waals surface area contributed by atoms with E-state index in [1.165, 1.54) is 0 Å². The molecule has 1 saturated heterocycles. The summed E-state index contributed by atoms with van der Waals surface area (Å²) >= 11 is 0. The average molecular weight is 204 g/mol. The van der Waals surface area contributed by atoms with Crippen molar-refractivity contribution in [2.24, 2.45) is 0 Å². The Kier molecular flexibility index (Phi) is 4.57. The molecule has 1 aliphatic heterocycles. The number of unbranched alkanes of at least 4 members (excludes halogenated alkanes) is 1. The van der Waals surface area contributed by atoms with Gasteiger partial charge < -0.3 is 4.74 Å². The fourth-order valence-electron chi connectivity index (χ4n) is 1.29. The van der Waals surface area contributed by atoms with E-state index in [1.807, 2.05) is 4.90 Å². The highest BCUT2D eigenvalue weighted by Crippen LogP contribution is 2.02. The summed E-state index contributed by atoms with van der Waals surface area (Å²) in [5.74, 6) is 0. The third kappa shape index (κ3) is 3.44. The van der Waals surface area contributed by atoms with Crippen LogP contribution in [0.15, 0.2) is 0 Å². The minimum absolute atomic E-state index is 0.341. The summed E-state index contributed by atoms with van der Waals surface area (Å²) in [6, 6.07) is 0. The van der Waals surface area contributed by atoms with Crippen LogP contribution in [-0.2, 0) is 4.74 Å². The maximum atomic E-state index is 10.3. The van der Waals surface area contributed by atoms with Gasteiger partial charge in [0.05, 0.1) is 0 Å². The number of hydrazine groups is 1. The van der Waals surface area contributed by atoms with Gasteiger partial charge in [-0.3, -0.25) is 5.32 Å². The van der Waals surface area contributed by atoms with Gasteiger partial charge in [-0.15, -0.1) is 5.43 Å². The van der Waals surface area contributed by atoms with Crippen molar-refractivity contribution in [2.45, 2.75) is 26.1 Å². The smallest absolute Gasteiger partial charge is 0.196 e. The Labute approximate surface area is 82.5 Å². The molecule has 1 atom stereocenters. The molecule has 14 heavy (non-hydrogen) atoms. The van der Waals surface area contributed by atoms with E-state index in [4.69, 9.17) is 4.74 Å². The molecule has 0 aromatic heterocycles. The largest absolute Gasteiger partial charge is 0.351 e. The molecule has 1 fully saturated rings. The fourth-order valence-corrected chi connectivity index (χ4v) is 1.29. The lowest BCUT2D eigenvalue weighted by Crippen LogP contribution is -2.61. The van der Waals surface area contributed by atoms with Crippen molar-refractivity contribution < 1.29 is 9.77 Å².